The van der Waals surface area contributed by atoms with Crippen LogP contribution < -0.4 is 10.6 Å². The summed E-state index contributed by atoms with van der Waals surface area (Å²) in [6.45, 7) is 5.78. The van der Waals surface area contributed by atoms with Crippen LogP contribution in [0.2, 0.25) is 0 Å². The molecule has 1 atom stereocenters. The van der Waals surface area contributed by atoms with Crippen LogP contribution in [0.5, 0.6) is 0 Å². The highest BCUT2D eigenvalue weighted by atomic mass is 127. The Balaban J connectivity index is 2.83. The Morgan fingerprint density at radius 1 is 1.69 bits per heavy atom. The first-order chi connectivity index (χ1) is 7.56. The van der Waals surface area contributed by atoms with Crippen molar-refractivity contribution >= 4 is 45.6 Å². The Bertz CT molecular complexity index is 372. The molecule has 0 bridgehead atoms. The lowest BCUT2D eigenvalue weighted by atomic mass is 10.1. The highest BCUT2D eigenvalue weighted by Gasteiger charge is 2.14. The molecule has 0 aromatic carbocycles. The van der Waals surface area contributed by atoms with E-state index >= 15 is 0 Å². The molecule has 0 aliphatic rings. The van der Waals surface area contributed by atoms with E-state index in [1.165, 1.54) is 0 Å². The first kappa shape index (κ1) is 13.6. The van der Waals surface area contributed by atoms with Crippen molar-refractivity contribution in [3.8, 4) is 0 Å². The second kappa shape index (κ2) is 6.29. The number of halogens is 1. The second-order valence-corrected chi connectivity index (χ2v) is 5.17. The number of nitrogens with zero attached hydrogens (tertiary/aromatic N) is 3. The summed E-state index contributed by atoms with van der Waals surface area (Å²) >= 11 is 7.22. The van der Waals surface area contributed by atoms with E-state index < -0.39 is 0 Å². The monoisotopic (exact) mass is 350 g/mol. The molecule has 0 aliphatic heterocycles. The maximum atomic E-state index is 5.63. The zero-order valence-corrected chi connectivity index (χ0v) is 12.3. The lowest BCUT2D eigenvalue weighted by molar-refractivity contribution is 0.697. The van der Waals surface area contributed by atoms with E-state index in [2.05, 4.69) is 44.4 Å². The third kappa shape index (κ3) is 3.51. The largest absolute Gasteiger partial charge is 0.393 e. The molecule has 0 amide bonds. The molecule has 6 heteroatoms. The van der Waals surface area contributed by atoms with E-state index in [0.29, 0.717) is 4.99 Å². The molecule has 0 saturated heterocycles. The zero-order chi connectivity index (χ0) is 12.1. The summed E-state index contributed by atoms with van der Waals surface area (Å²) in [5, 5.41) is 0. The van der Waals surface area contributed by atoms with Gasteiger partial charge in [0.15, 0.2) is 0 Å². The van der Waals surface area contributed by atoms with E-state index in [9.17, 15) is 0 Å². The highest BCUT2D eigenvalue weighted by Crippen LogP contribution is 2.18. The van der Waals surface area contributed by atoms with Crippen LogP contribution in [0.4, 0.5) is 5.82 Å². The summed E-state index contributed by atoms with van der Waals surface area (Å²) in [4.78, 5) is 11.0. The average molecular weight is 350 g/mol. The van der Waals surface area contributed by atoms with Crippen LogP contribution in [-0.2, 0) is 0 Å². The summed E-state index contributed by atoms with van der Waals surface area (Å²) in [7, 11) is 0. The number of hydrogen-bond acceptors (Lipinski definition) is 4. The third-order valence-electron chi connectivity index (χ3n) is 2.31. The molecule has 4 nitrogen and oxygen atoms in total. The smallest absolute Gasteiger partial charge is 0.145 e. The minimum Gasteiger partial charge on any atom is -0.393 e. The van der Waals surface area contributed by atoms with Crippen LogP contribution in [0.3, 0.4) is 0 Å². The SMILES string of the molecule is CCN(CC(C)C(N)=S)c1ncncc1I. The fraction of sp³-hybridized carbons (Fsp3) is 0.500. The molecular formula is C10H15IN4S. The average Bonchev–Trinajstić information content (AvgIpc) is 2.26. The Morgan fingerprint density at radius 2 is 2.38 bits per heavy atom. The summed E-state index contributed by atoms with van der Waals surface area (Å²) < 4.78 is 1.04. The van der Waals surface area contributed by atoms with Crippen molar-refractivity contribution in [2.45, 2.75) is 13.8 Å². The van der Waals surface area contributed by atoms with Gasteiger partial charge in [0, 0.05) is 25.2 Å². The summed E-state index contributed by atoms with van der Waals surface area (Å²) in [6, 6.07) is 0. The molecule has 0 aliphatic carbocycles. The molecule has 1 rings (SSSR count). The van der Waals surface area contributed by atoms with Gasteiger partial charge in [-0.15, -0.1) is 0 Å². The topological polar surface area (TPSA) is 55.0 Å². The second-order valence-electron chi connectivity index (χ2n) is 3.54. The number of hydrogen-bond donors (Lipinski definition) is 1. The number of aromatic nitrogens is 2. The van der Waals surface area contributed by atoms with Gasteiger partial charge in [0.1, 0.15) is 12.1 Å². The van der Waals surface area contributed by atoms with Gasteiger partial charge in [0.2, 0.25) is 0 Å². The van der Waals surface area contributed by atoms with Crippen molar-refractivity contribution in [3.05, 3.63) is 16.1 Å². The highest BCUT2D eigenvalue weighted by molar-refractivity contribution is 14.1. The van der Waals surface area contributed by atoms with Crippen LogP contribution in [0, 0.1) is 9.49 Å². The summed E-state index contributed by atoms with van der Waals surface area (Å²) in [5.41, 5.74) is 5.63. The Kier molecular flexibility index (Phi) is 5.33. The van der Waals surface area contributed by atoms with Gasteiger partial charge in [0.05, 0.1) is 8.56 Å². The van der Waals surface area contributed by atoms with Gasteiger partial charge in [-0.1, -0.05) is 19.1 Å². The van der Waals surface area contributed by atoms with E-state index in [1.807, 2.05) is 6.92 Å². The van der Waals surface area contributed by atoms with Crippen LogP contribution in [0.15, 0.2) is 12.5 Å². The van der Waals surface area contributed by atoms with Gasteiger partial charge in [-0.25, -0.2) is 9.97 Å². The standard InChI is InChI=1S/C10H15IN4S/c1-3-15(5-7(2)9(12)16)10-8(11)4-13-6-14-10/h4,6-7H,3,5H2,1-2H3,(H2,12,16). The van der Waals surface area contributed by atoms with E-state index in [1.54, 1.807) is 12.5 Å². The first-order valence-electron chi connectivity index (χ1n) is 5.06. The molecular weight excluding hydrogens is 335 g/mol. The summed E-state index contributed by atoms with van der Waals surface area (Å²) in [5.74, 6) is 1.13. The maximum absolute atomic E-state index is 5.63. The van der Waals surface area contributed by atoms with Crippen molar-refractivity contribution in [2.75, 3.05) is 18.0 Å². The molecule has 0 saturated carbocycles. The minimum absolute atomic E-state index is 0.181. The molecule has 16 heavy (non-hydrogen) atoms. The molecule has 1 aromatic heterocycles. The molecule has 1 aromatic rings. The molecule has 1 unspecified atom stereocenters. The first-order valence-corrected chi connectivity index (χ1v) is 6.54. The molecule has 1 heterocycles. The molecule has 88 valence electrons. The fourth-order valence-electron chi connectivity index (χ4n) is 1.32. The normalized spacial score (nSPS) is 12.2. The van der Waals surface area contributed by atoms with Crippen molar-refractivity contribution in [1.29, 1.82) is 0 Å². The van der Waals surface area contributed by atoms with Gasteiger partial charge >= 0.3 is 0 Å². The van der Waals surface area contributed by atoms with Crippen LogP contribution >= 0.6 is 34.8 Å². The number of rotatable bonds is 5. The van der Waals surface area contributed by atoms with Crippen molar-refractivity contribution in [1.82, 2.24) is 9.97 Å². The van der Waals surface area contributed by atoms with Crippen LogP contribution in [0.25, 0.3) is 0 Å². The van der Waals surface area contributed by atoms with E-state index in [4.69, 9.17) is 18.0 Å². The Morgan fingerprint density at radius 3 is 2.88 bits per heavy atom. The Labute approximate surface area is 115 Å². The number of thiocarbonyl (C=S) groups is 1. The number of nitrogens with two attached hydrogens (primary N) is 1. The van der Waals surface area contributed by atoms with Crippen LogP contribution in [-0.4, -0.2) is 28.0 Å². The molecule has 0 spiro atoms. The van der Waals surface area contributed by atoms with Crippen molar-refractivity contribution in [3.63, 3.8) is 0 Å². The lowest BCUT2D eigenvalue weighted by Gasteiger charge is -2.25. The molecule has 0 fully saturated rings. The number of anilines is 1. The zero-order valence-electron chi connectivity index (χ0n) is 9.35. The predicted octanol–water partition coefficient (Wildman–Crippen LogP) is 1.83. The minimum atomic E-state index is 0.181. The van der Waals surface area contributed by atoms with Gasteiger partial charge in [-0.2, -0.15) is 0 Å². The fourth-order valence-corrected chi connectivity index (χ4v) is 2.04. The molecule has 0 radical (unpaired) electrons. The van der Waals surface area contributed by atoms with Gasteiger partial charge in [-0.3, -0.25) is 0 Å². The predicted molar refractivity (Wildman–Crippen MR) is 78.6 cm³/mol. The van der Waals surface area contributed by atoms with Crippen molar-refractivity contribution in [2.24, 2.45) is 11.7 Å². The summed E-state index contributed by atoms with van der Waals surface area (Å²) in [6.07, 6.45) is 3.36. The Hall–Kier alpha value is -0.500. The van der Waals surface area contributed by atoms with E-state index in [-0.39, 0.29) is 5.92 Å². The third-order valence-corrected chi connectivity index (χ3v) is 3.47. The van der Waals surface area contributed by atoms with Crippen molar-refractivity contribution < 1.29 is 0 Å². The van der Waals surface area contributed by atoms with Gasteiger partial charge < -0.3 is 10.6 Å². The quantitative estimate of drug-likeness (QED) is 0.649. The van der Waals surface area contributed by atoms with Gasteiger partial charge in [0.25, 0.3) is 0 Å². The maximum Gasteiger partial charge on any atom is 0.145 e. The van der Waals surface area contributed by atoms with Gasteiger partial charge in [-0.05, 0) is 29.5 Å². The molecule has 2 N–H and O–H groups in total. The lowest BCUT2D eigenvalue weighted by Crippen LogP contribution is -2.34. The van der Waals surface area contributed by atoms with E-state index in [0.717, 1.165) is 22.5 Å². The van der Waals surface area contributed by atoms with Crippen LogP contribution in [0.1, 0.15) is 13.8 Å².